The van der Waals surface area contributed by atoms with E-state index in [-0.39, 0.29) is 0 Å². The average Bonchev–Trinajstić information content (AvgIpc) is 2.66. The molecule has 0 atom stereocenters. The lowest BCUT2D eigenvalue weighted by atomic mass is 9.98. The summed E-state index contributed by atoms with van der Waals surface area (Å²) in [4.78, 5) is 0. The van der Waals surface area contributed by atoms with Crippen LogP contribution in [0.2, 0.25) is 0 Å². The third kappa shape index (κ3) is 1.30. The highest BCUT2D eigenvalue weighted by molar-refractivity contribution is 5.77. The van der Waals surface area contributed by atoms with Gasteiger partial charge in [0.05, 0.1) is 0 Å². The van der Waals surface area contributed by atoms with Gasteiger partial charge in [0.25, 0.3) is 0 Å². The van der Waals surface area contributed by atoms with E-state index in [0.29, 0.717) is 0 Å². The summed E-state index contributed by atoms with van der Waals surface area (Å²) in [5, 5.41) is 0. The second-order valence-electron chi connectivity index (χ2n) is 4.62. The molecule has 0 saturated heterocycles. The quantitative estimate of drug-likeness (QED) is 0.564. The minimum absolute atomic E-state index is 1.11. The molecule has 0 N–H and O–H groups in total. The first-order valence-electron chi connectivity index (χ1n) is 6.00. The van der Waals surface area contributed by atoms with Crippen molar-refractivity contribution in [2.24, 2.45) is 0 Å². The van der Waals surface area contributed by atoms with Crippen LogP contribution in [0.25, 0.3) is 11.1 Å². The molecule has 2 aromatic rings. The van der Waals surface area contributed by atoms with Gasteiger partial charge >= 0.3 is 0 Å². The van der Waals surface area contributed by atoms with Crippen molar-refractivity contribution in [1.29, 1.82) is 0 Å². The van der Waals surface area contributed by atoms with Crippen LogP contribution in [0.15, 0.2) is 36.4 Å². The van der Waals surface area contributed by atoms with Gasteiger partial charge in [0.15, 0.2) is 0 Å². The fraction of sp³-hybridized carbons (Fsp3) is 0.250. The first kappa shape index (κ1) is 9.65. The number of benzene rings is 2. The Morgan fingerprint density at radius 3 is 2.62 bits per heavy atom. The predicted molar refractivity (Wildman–Crippen MR) is 68.8 cm³/mol. The summed E-state index contributed by atoms with van der Waals surface area (Å²) in [7, 11) is 0. The minimum Gasteiger partial charge on any atom is -0.0619 e. The van der Waals surface area contributed by atoms with Crippen LogP contribution in [-0.2, 0) is 12.8 Å². The van der Waals surface area contributed by atoms with Gasteiger partial charge in [-0.15, -0.1) is 0 Å². The molecule has 0 radical (unpaired) electrons. The van der Waals surface area contributed by atoms with Crippen LogP contribution in [-0.4, -0.2) is 0 Å². The maximum absolute atomic E-state index is 2.39. The van der Waals surface area contributed by atoms with E-state index >= 15 is 0 Å². The van der Waals surface area contributed by atoms with Gasteiger partial charge in [-0.1, -0.05) is 43.3 Å². The smallest absolute Gasteiger partial charge is 0.00134 e. The fourth-order valence-corrected chi connectivity index (χ4v) is 2.72. The Labute approximate surface area is 96.9 Å². The monoisotopic (exact) mass is 208 g/mol. The number of aryl methyl sites for hydroxylation is 2. The molecule has 80 valence electrons. The van der Waals surface area contributed by atoms with Gasteiger partial charge in [-0.25, -0.2) is 0 Å². The Hall–Kier alpha value is -1.56. The highest BCUT2D eigenvalue weighted by Gasteiger charge is 2.18. The van der Waals surface area contributed by atoms with E-state index in [9.17, 15) is 0 Å². The van der Waals surface area contributed by atoms with Crippen molar-refractivity contribution in [2.45, 2.75) is 26.7 Å². The zero-order valence-electron chi connectivity index (χ0n) is 9.88. The lowest BCUT2D eigenvalue weighted by molar-refractivity contribution is 1.09. The third-order valence-corrected chi connectivity index (χ3v) is 3.63. The van der Waals surface area contributed by atoms with Gasteiger partial charge in [-0.3, -0.25) is 0 Å². The molecule has 1 aliphatic carbocycles. The molecular formula is C16H16. The van der Waals surface area contributed by atoms with Gasteiger partial charge in [0.1, 0.15) is 0 Å². The molecule has 0 nitrogen and oxygen atoms in total. The second-order valence-corrected chi connectivity index (χ2v) is 4.62. The number of hydrogen-bond acceptors (Lipinski definition) is 0. The first-order chi connectivity index (χ1) is 7.79. The maximum Gasteiger partial charge on any atom is -0.00134 e. The van der Waals surface area contributed by atoms with Gasteiger partial charge in [-0.05, 0) is 53.1 Å². The maximum atomic E-state index is 2.39. The summed E-state index contributed by atoms with van der Waals surface area (Å²) < 4.78 is 0. The Morgan fingerprint density at radius 1 is 1.00 bits per heavy atom. The molecule has 0 spiro atoms. The lowest BCUT2D eigenvalue weighted by Crippen LogP contribution is -1.90. The highest BCUT2D eigenvalue weighted by atomic mass is 14.2. The molecule has 2 aromatic carbocycles. The topological polar surface area (TPSA) is 0 Å². The van der Waals surface area contributed by atoms with Crippen LogP contribution >= 0.6 is 0 Å². The summed E-state index contributed by atoms with van der Waals surface area (Å²) in [6.45, 7) is 4.46. The van der Waals surface area contributed by atoms with Gasteiger partial charge < -0.3 is 0 Å². The zero-order valence-corrected chi connectivity index (χ0v) is 9.88. The van der Waals surface area contributed by atoms with Crippen LogP contribution in [0.3, 0.4) is 0 Å². The van der Waals surface area contributed by atoms with E-state index in [0.717, 1.165) is 12.8 Å². The molecule has 0 heteroatoms. The Kier molecular flexibility index (Phi) is 2.10. The molecule has 0 fully saturated rings. The van der Waals surface area contributed by atoms with Crippen molar-refractivity contribution in [2.75, 3.05) is 0 Å². The standard InChI is InChI=1S/C16H16/c1-3-12-9-14-10-13-6-4-5-7-15(13)16(14)8-11(12)2/h4-9H,3,10H2,1-2H3. The molecular weight excluding hydrogens is 192 g/mol. The molecule has 0 aromatic heterocycles. The molecule has 0 heterocycles. The summed E-state index contributed by atoms with van der Waals surface area (Å²) in [6.07, 6.45) is 2.24. The Balaban J connectivity index is 2.22. The van der Waals surface area contributed by atoms with E-state index < -0.39 is 0 Å². The molecule has 0 unspecified atom stereocenters. The van der Waals surface area contributed by atoms with Crippen LogP contribution in [0.4, 0.5) is 0 Å². The highest BCUT2D eigenvalue weighted by Crippen LogP contribution is 2.37. The average molecular weight is 208 g/mol. The Bertz CT molecular complexity index is 550. The minimum atomic E-state index is 1.11. The number of rotatable bonds is 1. The van der Waals surface area contributed by atoms with Crippen molar-refractivity contribution < 1.29 is 0 Å². The lowest BCUT2D eigenvalue weighted by Gasteiger charge is -2.07. The van der Waals surface area contributed by atoms with Crippen molar-refractivity contribution in [3.05, 3.63) is 58.7 Å². The third-order valence-electron chi connectivity index (χ3n) is 3.63. The van der Waals surface area contributed by atoms with Crippen molar-refractivity contribution in [1.82, 2.24) is 0 Å². The molecule has 0 saturated carbocycles. The van der Waals surface area contributed by atoms with Crippen LogP contribution < -0.4 is 0 Å². The molecule has 1 aliphatic rings. The number of hydrogen-bond donors (Lipinski definition) is 0. The van der Waals surface area contributed by atoms with Crippen LogP contribution in [0.1, 0.15) is 29.2 Å². The van der Waals surface area contributed by atoms with Gasteiger partial charge in [0, 0.05) is 0 Å². The second kappa shape index (κ2) is 3.48. The molecule has 16 heavy (non-hydrogen) atoms. The predicted octanol–water partition coefficient (Wildman–Crippen LogP) is 4.13. The van der Waals surface area contributed by atoms with Crippen LogP contribution in [0.5, 0.6) is 0 Å². The molecule has 0 bridgehead atoms. The molecule has 3 rings (SSSR count). The molecule has 0 aliphatic heterocycles. The zero-order chi connectivity index (χ0) is 11.1. The van der Waals surface area contributed by atoms with Gasteiger partial charge in [0.2, 0.25) is 0 Å². The Morgan fingerprint density at radius 2 is 1.81 bits per heavy atom. The van der Waals surface area contributed by atoms with E-state index in [1.165, 1.54) is 33.4 Å². The van der Waals surface area contributed by atoms with Crippen LogP contribution in [0, 0.1) is 6.92 Å². The largest absolute Gasteiger partial charge is 0.0619 e. The normalized spacial score (nSPS) is 12.4. The summed E-state index contributed by atoms with van der Waals surface area (Å²) in [6, 6.07) is 13.5. The van der Waals surface area contributed by atoms with E-state index in [4.69, 9.17) is 0 Å². The van der Waals surface area contributed by atoms with Gasteiger partial charge in [-0.2, -0.15) is 0 Å². The number of fused-ring (bicyclic) bond motifs is 3. The molecule has 0 amide bonds. The summed E-state index contributed by atoms with van der Waals surface area (Å²) in [5.41, 5.74) is 8.78. The van der Waals surface area contributed by atoms with E-state index in [1.807, 2.05) is 0 Å². The fourth-order valence-electron chi connectivity index (χ4n) is 2.72. The van der Waals surface area contributed by atoms with E-state index in [1.54, 1.807) is 0 Å². The van der Waals surface area contributed by atoms with Crippen molar-refractivity contribution >= 4 is 0 Å². The first-order valence-corrected chi connectivity index (χ1v) is 6.00. The summed E-state index contributed by atoms with van der Waals surface area (Å²) in [5.74, 6) is 0. The SMILES string of the molecule is CCc1cc2c(cc1C)-c1ccccc1C2. The summed E-state index contributed by atoms with van der Waals surface area (Å²) >= 11 is 0. The van der Waals surface area contributed by atoms with E-state index in [2.05, 4.69) is 50.2 Å². The van der Waals surface area contributed by atoms with Crippen molar-refractivity contribution in [3.8, 4) is 11.1 Å². The van der Waals surface area contributed by atoms with Crippen molar-refractivity contribution in [3.63, 3.8) is 0 Å².